The van der Waals surface area contributed by atoms with Gasteiger partial charge in [0.1, 0.15) is 12.2 Å². The fourth-order valence-electron chi connectivity index (χ4n) is 4.90. The molecule has 2 aromatic rings. The number of sulfone groups is 1. The van der Waals surface area contributed by atoms with Crippen molar-refractivity contribution in [3.8, 4) is 0 Å². The van der Waals surface area contributed by atoms with E-state index in [0.717, 1.165) is 11.0 Å². The van der Waals surface area contributed by atoms with Gasteiger partial charge in [-0.2, -0.15) is 0 Å². The second-order valence-corrected chi connectivity index (χ2v) is 27.0. The molecule has 2 saturated heterocycles. The summed E-state index contributed by atoms with van der Waals surface area (Å²) < 4.78 is 60.2. The Morgan fingerprint density at radius 2 is 1.48 bits per heavy atom. The SMILES string of the molecule is CC(C)(C)[Si](C)(C)OC[C@@H]1O[C@]2(COCc3ccccc3)[C@@H](OC(=S)N2/C=C/S(=O)(=O)c2ccccc2)[C@@H]1O[Si](C)(C)C(C)(C)C. The monoisotopic (exact) mass is 705 g/mol. The van der Waals surface area contributed by atoms with E-state index in [1.54, 1.807) is 35.2 Å². The minimum atomic E-state index is -3.79. The van der Waals surface area contributed by atoms with E-state index in [1.165, 1.54) is 6.20 Å². The van der Waals surface area contributed by atoms with Crippen LogP contribution in [0.2, 0.25) is 36.3 Å². The van der Waals surface area contributed by atoms with Gasteiger partial charge in [-0.1, -0.05) is 90.1 Å². The molecule has 8 nitrogen and oxygen atoms in total. The Morgan fingerprint density at radius 3 is 2.04 bits per heavy atom. The van der Waals surface area contributed by atoms with Crippen molar-refractivity contribution in [3.05, 3.63) is 77.8 Å². The molecule has 0 radical (unpaired) electrons. The van der Waals surface area contributed by atoms with Crippen molar-refractivity contribution in [2.24, 2.45) is 0 Å². The highest BCUT2D eigenvalue weighted by Gasteiger charge is 2.67. The third-order valence-electron chi connectivity index (χ3n) is 9.83. The highest BCUT2D eigenvalue weighted by Crippen LogP contribution is 2.48. The van der Waals surface area contributed by atoms with Gasteiger partial charge in [-0.3, -0.25) is 4.90 Å². The molecule has 0 unspecified atom stereocenters. The summed E-state index contributed by atoms with van der Waals surface area (Å²) in [6.45, 7) is 22.7. The molecule has 0 aliphatic carbocycles. The summed E-state index contributed by atoms with van der Waals surface area (Å²) in [5.74, 6) is 0. The van der Waals surface area contributed by atoms with Crippen molar-refractivity contribution in [2.75, 3.05) is 13.2 Å². The number of benzene rings is 2. The zero-order valence-electron chi connectivity index (χ0n) is 28.9. The number of rotatable bonds is 12. The number of fused-ring (bicyclic) bond motifs is 1. The molecule has 0 aromatic heterocycles. The number of ether oxygens (including phenoxy) is 3. The molecule has 0 bridgehead atoms. The first kappa shape index (κ1) is 36.9. The molecule has 12 heteroatoms. The predicted octanol–water partition coefficient (Wildman–Crippen LogP) is 7.64. The van der Waals surface area contributed by atoms with Gasteiger partial charge >= 0.3 is 0 Å². The Labute approximate surface area is 283 Å². The van der Waals surface area contributed by atoms with Crippen LogP contribution in [0.15, 0.2) is 77.2 Å². The zero-order chi connectivity index (χ0) is 34.2. The molecular formula is C34H51NO7S2Si2. The maximum atomic E-state index is 13.3. The third kappa shape index (κ3) is 7.86. The Balaban J connectivity index is 1.75. The second kappa shape index (κ2) is 13.5. The number of hydrogen-bond donors (Lipinski definition) is 0. The van der Waals surface area contributed by atoms with Crippen molar-refractivity contribution in [3.63, 3.8) is 0 Å². The molecule has 254 valence electrons. The lowest BCUT2D eigenvalue weighted by molar-refractivity contribution is -0.157. The minimum Gasteiger partial charge on any atom is -0.459 e. The van der Waals surface area contributed by atoms with Crippen LogP contribution in [0.25, 0.3) is 0 Å². The van der Waals surface area contributed by atoms with Crippen LogP contribution in [0.1, 0.15) is 47.1 Å². The van der Waals surface area contributed by atoms with Gasteiger partial charge in [0, 0.05) is 6.20 Å². The largest absolute Gasteiger partial charge is 0.459 e. The molecule has 0 spiro atoms. The van der Waals surface area contributed by atoms with Gasteiger partial charge in [0.15, 0.2) is 22.7 Å². The Hall–Kier alpha value is -1.91. The quantitative estimate of drug-likeness (QED) is 0.163. The summed E-state index contributed by atoms with van der Waals surface area (Å²) in [4.78, 5) is 1.77. The third-order valence-corrected chi connectivity index (χ3v) is 20.5. The minimum absolute atomic E-state index is 0.00756. The maximum Gasteiger partial charge on any atom is 0.266 e. The lowest BCUT2D eigenvalue weighted by Gasteiger charge is -2.41. The van der Waals surface area contributed by atoms with Gasteiger partial charge < -0.3 is 23.1 Å². The van der Waals surface area contributed by atoms with Crippen molar-refractivity contribution in [1.29, 1.82) is 0 Å². The molecule has 2 fully saturated rings. The summed E-state index contributed by atoms with van der Waals surface area (Å²) >= 11 is 5.75. The number of hydrogen-bond acceptors (Lipinski definition) is 8. The lowest BCUT2D eigenvalue weighted by atomic mass is 10.0. The molecule has 2 heterocycles. The van der Waals surface area contributed by atoms with Crippen LogP contribution in [0.3, 0.4) is 0 Å². The van der Waals surface area contributed by atoms with Gasteiger partial charge in [0.2, 0.25) is 15.6 Å². The average Bonchev–Trinajstić information content (AvgIpc) is 3.39. The smallest absolute Gasteiger partial charge is 0.266 e. The van der Waals surface area contributed by atoms with Crippen molar-refractivity contribution >= 4 is 43.9 Å². The highest BCUT2D eigenvalue weighted by atomic mass is 32.2. The van der Waals surface area contributed by atoms with E-state index in [1.807, 2.05) is 30.3 Å². The maximum absolute atomic E-state index is 13.3. The van der Waals surface area contributed by atoms with E-state index in [0.29, 0.717) is 13.2 Å². The van der Waals surface area contributed by atoms with Crippen LogP contribution >= 0.6 is 12.2 Å². The van der Waals surface area contributed by atoms with Gasteiger partial charge in [-0.05, 0) is 66.2 Å². The Bertz CT molecular complexity index is 1490. The van der Waals surface area contributed by atoms with E-state index in [4.69, 9.17) is 35.3 Å². The molecule has 0 N–H and O–H groups in total. The molecule has 0 saturated carbocycles. The molecule has 2 aromatic carbocycles. The second-order valence-electron chi connectivity index (χ2n) is 15.2. The average molecular weight is 706 g/mol. The molecule has 0 amide bonds. The van der Waals surface area contributed by atoms with Gasteiger partial charge in [0.05, 0.1) is 30.1 Å². The number of nitrogens with zero attached hydrogens (tertiary/aromatic N) is 1. The summed E-state index contributed by atoms with van der Waals surface area (Å²) in [7, 11) is -8.31. The van der Waals surface area contributed by atoms with Gasteiger partial charge in [-0.15, -0.1) is 0 Å². The van der Waals surface area contributed by atoms with Crippen LogP contribution in [-0.2, 0) is 39.5 Å². The van der Waals surface area contributed by atoms with Crippen LogP contribution in [0.4, 0.5) is 0 Å². The molecule has 46 heavy (non-hydrogen) atoms. The molecule has 2 aliphatic rings. The first-order valence-corrected chi connectivity index (χ1v) is 23.6. The molecule has 4 atom stereocenters. The van der Waals surface area contributed by atoms with E-state index in [-0.39, 0.29) is 26.8 Å². The first-order valence-electron chi connectivity index (χ1n) is 15.8. The molecular weight excluding hydrogens is 655 g/mol. The zero-order valence-corrected chi connectivity index (χ0v) is 32.5. The Kier molecular flexibility index (Phi) is 10.9. The van der Waals surface area contributed by atoms with E-state index in [2.05, 4.69) is 67.7 Å². The van der Waals surface area contributed by atoms with E-state index < -0.39 is 50.5 Å². The fourth-order valence-corrected chi connectivity index (χ4v) is 8.52. The van der Waals surface area contributed by atoms with Crippen LogP contribution < -0.4 is 0 Å². The van der Waals surface area contributed by atoms with Crippen LogP contribution in [-0.4, -0.2) is 72.4 Å². The number of thiocarbonyl (C=S) groups is 1. The summed E-state index contributed by atoms with van der Waals surface area (Å²) in [6.07, 6.45) is -0.301. The lowest BCUT2D eigenvalue weighted by Crippen LogP contribution is -2.54. The first-order chi connectivity index (χ1) is 21.2. The van der Waals surface area contributed by atoms with E-state index in [9.17, 15) is 8.42 Å². The topological polar surface area (TPSA) is 83.5 Å². The van der Waals surface area contributed by atoms with Crippen molar-refractivity contribution in [2.45, 2.75) is 113 Å². The molecule has 4 rings (SSSR count). The summed E-state index contributed by atoms with van der Waals surface area (Å²) in [5, 5.41) is 1.15. The predicted molar refractivity (Wildman–Crippen MR) is 191 cm³/mol. The summed E-state index contributed by atoms with van der Waals surface area (Å²) in [5.41, 5.74) is -0.293. The molecule has 2 aliphatic heterocycles. The van der Waals surface area contributed by atoms with Crippen molar-refractivity contribution < 1.29 is 31.5 Å². The Morgan fingerprint density at radius 1 is 0.913 bits per heavy atom. The van der Waals surface area contributed by atoms with Crippen molar-refractivity contribution in [1.82, 2.24) is 4.90 Å². The summed E-state index contributed by atoms with van der Waals surface area (Å²) in [6, 6.07) is 18.1. The standard InChI is InChI=1S/C34H51NO7S2Si2/c1-32(2,3)45(7,8)39-24-28-29(42-46(9,10)33(4,5)6)30-34(41-28,25-38-23-26-17-13-11-14-18-26)35(31(43)40-30)21-22-44(36,37)27-19-15-12-16-20-27/h11-22,28-30H,23-25H2,1-10H3/b22-21+/t28-,29+,30-,34+/m0/s1. The van der Waals surface area contributed by atoms with E-state index >= 15 is 0 Å². The fraction of sp³-hybridized carbons (Fsp3) is 0.559. The van der Waals surface area contributed by atoms with Gasteiger partial charge in [0.25, 0.3) is 5.17 Å². The van der Waals surface area contributed by atoms with Crippen LogP contribution in [0, 0.1) is 0 Å². The highest BCUT2D eigenvalue weighted by molar-refractivity contribution is 7.94. The van der Waals surface area contributed by atoms with Gasteiger partial charge in [-0.25, -0.2) is 8.42 Å². The van der Waals surface area contributed by atoms with Crippen LogP contribution in [0.5, 0.6) is 0 Å². The normalized spacial score (nSPS) is 24.4.